The maximum absolute atomic E-state index is 12.1. The van der Waals surface area contributed by atoms with Gasteiger partial charge in [-0.1, -0.05) is 72.8 Å². The molecule has 10 rings (SSSR count). The predicted molar refractivity (Wildman–Crippen MR) is 246 cm³/mol. The van der Waals surface area contributed by atoms with Gasteiger partial charge in [0.25, 0.3) is 0 Å². The summed E-state index contributed by atoms with van der Waals surface area (Å²) in [6.45, 7) is 8.06. The van der Waals surface area contributed by atoms with Crippen LogP contribution < -0.4 is 9.47 Å². The van der Waals surface area contributed by atoms with Crippen molar-refractivity contribution in [3.8, 4) is 56.9 Å². The monoisotopic (exact) mass is 800 g/mol. The van der Waals surface area contributed by atoms with Crippen LogP contribution in [0, 0.1) is 13.8 Å². The SMILES string of the molecule is Cc1cc(-c2ncccc2OC(C)CC(C)Oc2cccnc2-c2cc(C)cc(-n3c4ccccc4c4ccccc43)c2O)c(O)c(-n2c3ccccc3c3ccccc32)c1. The van der Waals surface area contributed by atoms with Gasteiger partial charge < -0.3 is 28.8 Å². The second kappa shape index (κ2) is 15.2. The number of nitrogens with zero attached hydrogens (tertiary/aromatic N) is 4. The molecule has 0 amide bonds. The minimum Gasteiger partial charge on any atom is -0.505 e. The third-order valence-electron chi connectivity index (χ3n) is 11.5. The van der Waals surface area contributed by atoms with E-state index < -0.39 is 0 Å². The van der Waals surface area contributed by atoms with E-state index in [0.29, 0.717) is 51.8 Å². The second-order valence-electron chi connectivity index (χ2n) is 15.9. The van der Waals surface area contributed by atoms with E-state index in [1.54, 1.807) is 12.4 Å². The topological polar surface area (TPSA) is 94.6 Å². The van der Waals surface area contributed by atoms with Gasteiger partial charge in [-0.3, -0.25) is 9.97 Å². The van der Waals surface area contributed by atoms with Crippen LogP contribution in [0.3, 0.4) is 0 Å². The minimum absolute atomic E-state index is 0.120. The maximum Gasteiger partial charge on any atom is 0.149 e. The summed E-state index contributed by atoms with van der Waals surface area (Å²) in [5.41, 5.74) is 9.61. The van der Waals surface area contributed by atoms with Gasteiger partial charge in [-0.2, -0.15) is 0 Å². The van der Waals surface area contributed by atoms with Gasteiger partial charge in [0.1, 0.15) is 34.4 Å². The summed E-state index contributed by atoms with van der Waals surface area (Å²) in [5, 5.41) is 28.6. The van der Waals surface area contributed by atoms with E-state index in [9.17, 15) is 10.2 Å². The molecule has 0 bridgehead atoms. The first-order chi connectivity index (χ1) is 29.7. The number of ether oxygens (including phenoxy) is 2. The Hall–Kier alpha value is -7.58. The van der Waals surface area contributed by atoms with Crippen LogP contribution in [0.15, 0.2) is 158 Å². The Labute approximate surface area is 353 Å². The van der Waals surface area contributed by atoms with E-state index in [0.717, 1.165) is 54.7 Å². The van der Waals surface area contributed by atoms with Crippen molar-refractivity contribution < 1.29 is 19.7 Å². The van der Waals surface area contributed by atoms with Crippen LogP contribution in [0.5, 0.6) is 23.0 Å². The smallest absolute Gasteiger partial charge is 0.149 e. The summed E-state index contributed by atoms with van der Waals surface area (Å²) in [5.74, 6) is 1.35. The fourth-order valence-electron chi connectivity index (χ4n) is 8.96. The molecule has 0 spiro atoms. The lowest BCUT2D eigenvalue weighted by atomic mass is 10.0. The molecule has 8 nitrogen and oxygen atoms in total. The summed E-state index contributed by atoms with van der Waals surface area (Å²) in [4.78, 5) is 9.52. The highest BCUT2D eigenvalue weighted by atomic mass is 16.5. The van der Waals surface area contributed by atoms with Crippen LogP contribution >= 0.6 is 0 Å². The van der Waals surface area contributed by atoms with Gasteiger partial charge in [-0.15, -0.1) is 0 Å². The predicted octanol–water partition coefficient (Wildman–Crippen LogP) is 12.7. The Morgan fingerprint density at radius 3 is 1.18 bits per heavy atom. The molecule has 0 fully saturated rings. The van der Waals surface area contributed by atoms with Crippen molar-refractivity contribution in [3.63, 3.8) is 0 Å². The third-order valence-corrected chi connectivity index (χ3v) is 11.5. The first kappa shape index (κ1) is 37.7. The maximum atomic E-state index is 12.1. The molecule has 4 aromatic heterocycles. The zero-order valence-corrected chi connectivity index (χ0v) is 34.4. The van der Waals surface area contributed by atoms with Crippen LogP contribution in [-0.4, -0.2) is 41.5 Å². The second-order valence-corrected chi connectivity index (χ2v) is 15.9. The average Bonchev–Trinajstić information content (AvgIpc) is 3.78. The molecule has 2 atom stereocenters. The van der Waals surface area contributed by atoms with Gasteiger partial charge >= 0.3 is 0 Å². The number of phenolic OH excluding ortho intramolecular Hbond substituents is 2. The fourth-order valence-corrected chi connectivity index (χ4v) is 8.96. The molecule has 61 heavy (non-hydrogen) atoms. The quantitative estimate of drug-likeness (QED) is 0.143. The normalized spacial score (nSPS) is 12.7. The molecule has 6 aromatic carbocycles. The molecule has 0 aliphatic carbocycles. The van der Waals surface area contributed by atoms with E-state index in [4.69, 9.17) is 19.4 Å². The zero-order valence-electron chi connectivity index (χ0n) is 34.4. The van der Waals surface area contributed by atoms with E-state index in [2.05, 4.69) is 57.7 Å². The number of hydrogen-bond acceptors (Lipinski definition) is 6. The molecule has 2 N–H and O–H groups in total. The molecular formula is C53H44N4O4. The van der Waals surface area contributed by atoms with Gasteiger partial charge in [-0.25, -0.2) is 0 Å². The number of aryl methyl sites for hydroxylation is 2. The largest absolute Gasteiger partial charge is 0.505 e. The summed E-state index contributed by atoms with van der Waals surface area (Å²) < 4.78 is 17.5. The minimum atomic E-state index is -0.295. The summed E-state index contributed by atoms with van der Waals surface area (Å²) in [7, 11) is 0. The number of phenols is 2. The molecule has 8 heteroatoms. The molecular weight excluding hydrogens is 757 g/mol. The van der Waals surface area contributed by atoms with Crippen molar-refractivity contribution in [2.75, 3.05) is 0 Å². The summed E-state index contributed by atoms with van der Waals surface area (Å²) in [6.07, 6.45) is 3.38. The van der Waals surface area contributed by atoms with Crippen LogP contribution in [0.4, 0.5) is 0 Å². The highest BCUT2D eigenvalue weighted by Crippen LogP contribution is 2.44. The molecule has 300 valence electrons. The Balaban J connectivity index is 0.936. The number of para-hydroxylation sites is 4. The number of hydrogen-bond donors (Lipinski definition) is 2. The van der Waals surface area contributed by atoms with Crippen molar-refractivity contribution in [3.05, 3.63) is 169 Å². The Kier molecular flexibility index (Phi) is 9.40. The molecule has 4 heterocycles. The van der Waals surface area contributed by atoms with Gasteiger partial charge in [0.15, 0.2) is 0 Å². The van der Waals surface area contributed by atoms with Crippen molar-refractivity contribution >= 4 is 43.6 Å². The lowest BCUT2D eigenvalue weighted by Gasteiger charge is -2.23. The van der Waals surface area contributed by atoms with Crippen LogP contribution in [0.1, 0.15) is 31.4 Å². The van der Waals surface area contributed by atoms with Gasteiger partial charge in [-0.05, 0) is 112 Å². The lowest BCUT2D eigenvalue weighted by Crippen LogP contribution is -2.23. The third kappa shape index (κ3) is 6.57. The summed E-state index contributed by atoms with van der Waals surface area (Å²) >= 11 is 0. The van der Waals surface area contributed by atoms with Gasteiger partial charge in [0, 0.05) is 51.5 Å². The van der Waals surface area contributed by atoms with Crippen LogP contribution in [0.2, 0.25) is 0 Å². The highest BCUT2D eigenvalue weighted by Gasteiger charge is 2.24. The number of benzene rings is 6. The van der Waals surface area contributed by atoms with Crippen molar-refractivity contribution in [2.24, 2.45) is 0 Å². The van der Waals surface area contributed by atoms with Crippen molar-refractivity contribution in [1.29, 1.82) is 0 Å². The Bertz CT molecular complexity index is 2970. The van der Waals surface area contributed by atoms with Crippen molar-refractivity contribution in [2.45, 2.75) is 46.3 Å². The first-order valence-corrected chi connectivity index (χ1v) is 20.6. The van der Waals surface area contributed by atoms with Crippen LogP contribution in [0.25, 0.3) is 77.5 Å². The van der Waals surface area contributed by atoms with Crippen molar-refractivity contribution in [1.82, 2.24) is 19.1 Å². The number of aromatic nitrogens is 4. The average molecular weight is 801 g/mol. The summed E-state index contributed by atoms with van der Waals surface area (Å²) in [6, 6.07) is 48.4. The van der Waals surface area contributed by atoms with E-state index >= 15 is 0 Å². The highest BCUT2D eigenvalue weighted by molar-refractivity contribution is 6.10. The molecule has 10 aromatic rings. The number of pyridine rings is 2. The Morgan fingerprint density at radius 1 is 0.475 bits per heavy atom. The van der Waals surface area contributed by atoms with E-state index in [-0.39, 0.29) is 23.7 Å². The molecule has 0 aliphatic heterocycles. The lowest BCUT2D eigenvalue weighted by molar-refractivity contribution is 0.131. The standard InChI is InChI=1S/C53H44N4O4/c1-32-27-40(52(58)46(29-32)56-42-19-9-5-15-36(42)37-16-6-10-20-43(37)56)50-48(23-13-25-54-50)60-34(3)31-35(4)61-49-24-14-26-55-51(49)41-28-33(2)30-47(53(41)59)57-44-21-11-7-17-38(44)39-18-8-12-22-45(39)57/h5-30,34-35,58-59H,31H2,1-4H3. The molecule has 0 aliphatic rings. The fraction of sp³-hybridized carbons (Fsp3) is 0.132. The van der Waals surface area contributed by atoms with Gasteiger partial charge in [0.2, 0.25) is 0 Å². The van der Waals surface area contributed by atoms with Gasteiger partial charge in [0.05, 0.1) is 45.6 Å². The van der Waals surface area contributed by atoms with E-state index in [1.807, 2.05) is 125 Å². The Morgan fingerprint density at radius 2 is 0.820 bits per heavy atom. The number of aromatic hydroxyl groups is 2. The first-order valence-electron chi connectivity index (χ1n) is 20.6. The molecule has 2 unspecified atom stereocenters. The zero-order chi connectivity index (χ0) is 41.8. The van der Waals surface area contributed by atoms with E-state index in [1.165, 1.54) is 0 Å². The molecule has 0 saturated carbocycles. The number of fused-ring (bicyclic) bond motifs is 6. The van der Waals surface area contributed by atoms with Crippen LogP contribution in [-0.2, 0) is 0 Å². The number of rotatable bonds is 10. The molecule has 0 radical (unpaired) electrons. The molecule has 0 saturated heterocycles.